The highest BCUT2D eigenvalue weighted by Crippen LogP contribution is 2.40. The van der Waals surface area contributed by atoms with Crippen LogP contribution in [0.2, 0.25) is 0 Å². The predicted octanol–water partition coefficient (Wildman–Crippen LogP) is 14.6. The number of fused-ring (bicyclic) bond motifs is 2. The van der Waals surface area contributed by atoms with Crippen LogP contribution in [0.3, 0.4) is 0 Å². The maximum atomic E-state index is 5.16. The van der Waals surface area contributed by atoms with Crippen LogP contribution in [-0.2, 0) is 0 Å². The van der Waals surface area contributed by atoms with Crippen molar-refractivity contribution in [3.8, 4) is 34.2 Å². The van der Waals surface area contributed by atoms with E-state index in [1.54, 1.807) is 0 Å². The molecule has 11 rings (SSSR count). The molecule has 0 unspecified atom stereocenters. The summed E-state index contributed by atoms with van der Waals surface area (Å²) in [5.74, 6) is 0. The third-order valence-corrected chi connectivity index (χ3v) is 11.3. The number of para-hydroxylation sites is 6. The van der Waals surface area contributed by atoms with Gasteiger partial charge >= 0.3 is 0 Å². The van der Waals surface area contributed by atoms with E-state index in [1.807, 2.05) is 36.7 Å². The fourth-order valence-corrected chi connectivity index (χ4v) is 8.54. The van der Waals surface area contributed by atoms with Gasteiger partial charge in [0.15, 0.2) is 0 Å². The van der Waals surface area contributed by atoms with Crippen LogP contribution in [0, 0.1) is 0 Å². The quantitative estimate of drug-likeness (QED) is 0.138. The van der Waals surface area contributed by atoms with Gasteiger partial charge in [-0.2, -0.15) is 0 Å². The Hall–Kier alpha value is -8.48. The summed E-state index contributed by atoms with van der Waals surface area (Å²) in [6, 6.07) is 80.6. The molecule has 0 spiro atoms. The zero-order valence-electron chi connectivity index (χ0n) is 33.8. The van der Waals surface area contributed by atoms with Gasteiger partial charge in [0, 0.05) is 44.9 Å². The number of nitrogens with zero attached hydrogens (tertiary/aromatic N) is 6. The van der Waals surface area contributed by atoms with Crippen molar-refractivity contribution in [3.05, 3.63) is 243 Å². The van der Waals surface area contributed by atoms with Gasteiger partial charge < -0.3 is 18.9 Å². The van der Waals surface area contributed by atoms with Gasteiger partial charge in [-0.1, -0.05) is 109 Å². The molecule has 0 radical (unpaired) electrons. The number of anilines is 6. The fraction of sp³-hybridized carbons (Fsp3) is 0. The number of benzene rings is 7. The van der Waals surface area contributed by atoms with Crippen molar-refractivity contribution in [2.45, 2.75) is 0 Å². The molecule has 0 amide bonds. The molecule has 0 fully saturated rings. The maximum Gasteiger partial charge on any atom is 0.0872 e. The molecule has 0 saturated carbocycles. The van der Waals surface area contributed by atoms with Crippen molar-refractivity contribution >= 4 is 55.9 Å². The molecule has 7 aromatic carbocycles. The summed E-state index contributed by atoms with van der Waals surface area (Å²) in [7, 11) is 0. The number of hydrogen-bond donors (Lipinski definition) is 0. The highest BCUT2D eigenvalue weighted by molar-refractivity contribution is 6.02. The molecule has 6 nitrogen and oxygen atoms in total. The van der Waals surface area contributed by atoms with Crippen molar-refractivity contribution in [1.29, 1.82) is 0 Å². The van der Waals surface area contributed by atoms with E-state index >= 15 is 0 Å². The van der Waals surface area contributed by atoms with Gasteiger partial charge in [0.1, 0.15) is 0 Å². The lowest BCUT2D eigenvalue weighted by Gasteiger charge is -2.25. The van der Waals surface area contributed by atoms with Crippen LogP contribution in [0.4, 0.5) is 34.1 Å². The smallest absolute Gasteiger partial charge is 0.0872 e. The molecule has 0 aliphatic rings. The van der Waals surface area contributed by atoms with E-state index in [2.05, 4.69) is 225 Å². The van der Waals surface area contributed by atoms with Crippen LogP contribution in [0.1, 0.15) is 0 Å². The molecule has 0 atom stereocenters. The Labute approximate surface area is 360 Å². The van der Waals surface area contributed by atoms with Crippen molar-refractivity contribution in [2.75, 3.05) is 9.80 Å². The minimum atomic E-state index is 0.885. The molecule has 0 saturated heterocycles. The van der Waals surface area contributed by atoms with E-state index in [-0.39, 0.29) is 0 Å². The molecule has 6 heteroatoms. The number of aromatic nitrogens is 4. The molecule has 0 N–H and O–H groups in total. The summed E-state index contributed by atoms with van der Waals surface area (Å²) in [5.41, 5.74) is 14.4. The lowest BCUT2D eigenvalue weighted by atomic mass is 10.1. The van der Waals surface area contributed by atoms with E-state index in [1.165, 1.54) is 0 Å². The first kappa shape index (κ1) is 36.6. The van der Waals surface area contributed by atoms with Crippen LogP contribution in [0.15, 0.2) is 243 Å². The zero-order chi connectivity index (χ0) is 41.2. The Bertz CT molecular complexity index is 2940. The van der Waals surface area contributed by atoms with Crippen LogP contribution in [0.25, 0.3) is 56.0 Å². The van der Waals surface area contributed by atoms with Crippen LogP contribution in [0.5, 0.6) is 0 Å². The highest BCUT2D eigenvalue weighted by atomic mass is 15.2. The Kier molecular flexibility index (Phi) is 9.41. The minimum absolute atomic E-state index is 0.885. The van der Waals surface area contributed by atoms with Crippen LogP contribution >= 0.6 is 0 Å². The Morgan fingerprint density at radius 2 is 0.597 bits per heavy atom. The monoisotopic (exact) mass is 796 g/mol. The molecule has 0 bridgehead atoms. The van der Waals surface area contributed by atoms with E-state index in [4.69, 9.17) is 9.97 Å². The van der Waals surface area contributed by atoms with Crippen molar-refractivity contribution in [2.24, 2.45) is 0 Å². The Morgan fingerprint density at radius 3 is 0.887 bits per heavy atom. The summed E-state index contributed by atoms with van der Waals surface area (Å²) in [6.07, 6.45) is 3.96. The summed E-state index contributed by atoms with van der Waals surface area (Å²) in [6.45, 7) is 0. The molecule has 4 heterocycles. The number of pyridine rings is 2. The first-order valence-electron chi connectivity index (χ1n) is 20.8. The standard InChI is InChI=1S/C56H40N6/c1-7-19-43(20-8-1)59(44-21-9-2-10-22-44)49-31-33-51(57-39-49)55-37-41-35-54-42(36-53(41)61(55)47-27-15-5-16-28-47)38-56(62(54)48-29-17-6-18-30-48)52-34-32-50(40-58-52)60(45-23-11-3-12-24-45)46-25-13-4-14-26-46/h1-40H. The van der Waals surface area contributed by atoms with E-state index in [9.17, 15) is 0 Å². The molecular formula is C56H40N6. The van der Waals surface area contributed by atoms with Crippen LogP contribution in [-0.4, -0.2) is 19.1 Å². The lowest BCUT2D eigenvalue weighted by Crippen LogP contribution is -2.10. The zero-order valence-corrected chi connectivity index (χ0v) is 33.8. The summed E-state index contributed by atoms with van der Waals surface area (Å²) in [4.78, 5) is 14.8. The van der Waals surface area contributed by atoms with Gasteiger partial charge in [-0.05, 0) is 121 Å². The first-order valence-corrected chi connectivity index (χ1v) is 20.8. The lowest BCUT2D eigenvalue weighted by molar-refractivity contribution is 1.11. The average molecular weight is 797 g/mol. The van der Waals surface area contributed by atoms with Gasteiger partial charge in [0.2, 0.25) is 0 Å². The number of rotatable bonds is 10. The maximum absolute atomic E-state index is 5.16. The van der Waals surface area contributed by atoms with Gasteiger partial charge in [0.05, 0.1) is 57.6 Å². The fourth-order valence-electron chi connectivity index (χ4n) is 8.54. The highest BCUT2D eigenvalue weighted by Gasteiger charge is 2.21. The Balaban J connectivity index is 1.04. The third kappa shape index (κ3) is 6.76. The van der Waals surface area contributed by atoms with E-state index < -0.39 is 0 Å². The van der Waals surface area contributed by atoms with Crippen molar-refractivity contribution < 1.29 is 0 Å². The molecule has 4 aromatic heterocycles. The van der Waals surface area contributed by atoms with Gasteiger partial charge in [0.25, 0.3) is 0 Å². The molecule has 62 heavy (non-hydrogen) atoms. The molecule has 0 aliphatic carbocycles. The summed E-state index contributed by atoms with van der Waals surface area (Å²) in [5, 5.41) is 2.23. The summed E-state index contributed by atoms with van der Waals surface area (Å²) < 4.78 is 4.66. The largest absolute Gasteiger partial charge is 0.309 e. The second-order valence-electron chi connectivity index (χ2n) is 15.2. The van der Waals surface area contributed by atoms with Crippen molar-refractivity contribution in [1.82, 2.24) is 19.1 Å². The molecule has 0 aliphatic heterocycles. The summed E-state index contributed by atoms with van der Waals surface area (Å²) >= 11 is 0. The molecule has 294 valence electrons. The van der Waals surface area contributed by atoms with Crippen LogP contribution < -0.4 is 9.80 Å². The van der Waals surface area contributed by atoms with Gasteiger partial charge in [-0.15, -0.1) is 0 Å². The third-order valence-electron chi connectivity index (χ3n) is 11.3. The topological polar surface area (TPSA) is 42.1 Å². The average Bonchev–Trinajstić information content (AvgIpc) is 3.91. The predicted molar refractivity (Wildman–Crippen MR) is 256 cm³/mol. The molecule has 11 aromatic rings. The second kappa shape index (κ2) is 15.9. The minimum Gasteiger partial charge on any atom is -0.309 e. The second-order valence-corrected chi connectivity index (χ2v) is 15.2. The van der Waals surface area contributed by atoms with E-state index in [0.29, 0.717) is 0 Å². The first-order chi connectivity index (χ1) is 30.8. The molecular weight excluding hydrogens is 757 g/mol. The van der Waals surface area contributed by atoms with Crippen molar-refractivity contribution in [3.63, 3.8) is 0 Å². The normalized spacial score (nSPS) is 11.2. The van der Waals surface area contributed by atoms with Gasteiger partial charge in [-0.25, -0.2) is 0 Å². The Morgan fingerprint density at radius 1 is 0.290 bits per heavy atom. The number of hydrogen-bond acceptors (Lipinski definition) is 4. The van der Waals surface area contributed by atoms with Gasteiger partial charge in [-0.3, -0.25) is 9.97 Å². The van der Waals surface area contributed by atoms with E-state index in [0.717, 1.165) is 90.1 Å². The SMILES string of the molecule is c1ccc(N(c2ccccc2)c2ccc(-c3cc4cc5c(cc(-c6ccc(N(c7ccccc7)c7ccccc7)cn6)n5-c5ccccc5)cc4n3-c3ccccc3)nc2)cc1.